The van der Waals surface area contributed by atoms with Crippen molar-refractivity contribution in [3.63, 3.8) is 0 Å². The second-order valence-corrected chi connectivity index (χ2v) is 7.07. The van der Waals surface area contributed by atoms with Crippen LogP contribution in [0.2, 0.25) is 0 Å². The molecule has 112 valence electrons. The Kier molecular flexibility index (Phi) is 4.59. The Morgan fingerprint density at radius 3 is 2.85 bits per heavy atom. The highest BCUT2D eigenvalue weighted by atomic mass is 32.1. The van der Waals surface area contributed by atoms with Crippen LogP contribution in [0, 0.1) is 0 Å². The molecule has 1 atom stereocenters. The number of carbonyl (C=O) groups excluding carboxylic acids is 1. The van der Waals surface area contributed by atoms with Gasteiger partial charge in [0.05, 0.1) is 6.54 Å². The van der Waals surface area contributed by atoms with Crippen molar-refractivity contribution >= 4 is 17.3 Å². The SMILES string of the molecule is CC(C)(C)OC(=O)[C@H]1CCCCN1Cc1n[nH]c(=O)s1. The standard InChI is InChI=1S/C13H21N3O3S/c1-13(2,3)19-11(17)9-6-4-5-7-16(9)8-10-14-15-12(18)20-10/h9H,4-8H2,1-3H3,(H,15,18)/t9-/m1/s1. The van der Waals surface area contributed by atoms with Crippen LogP contribution in [0.1, 0.15) is 45.0 Å². The Balaban J connectivity index is 2.05. The van der Waals surface area contributed by atoms with E-state index in [1.54, 1.807) is 0 Å². The molecule has 0 aliphatic carbocycles. The maximum absolute atomic E-state index is 12.3. The van der Waals surface area contributed by atoms with E-state index in [9.17, 15) is 9.59 Å². The largest absolute Gasteiger partial charge is 0.459 e. The Morgan fingerprint density at radius 1 is 1.50 bits per heavy atom. The van der Waals surface area contributed by atoms with Crippen LogP contribution >= 0.6 is 11.3 Å². The highest BCUT2D eigenvalue weighted by Crippen LogP contribution is 2.22. The Morgan fingerprint density at radius 2 is 2.25 bits per heavy atom. The maximum Gasteiger partial charge on any atom is 0.323 e. The van der Waals surface area contributed by atoms with Gasteiger partial charge in [-0.1, -0.05) is 17.8 Å². The zero-order chi connectivity index (χ0) is 14.8. The van der Waals surface area contributed by atoms with E-state index in [0.717, 1.165) is 37.1 Å². The second-order valence-electron chi connectivity index (χ2n) is 6.02. The number of nitrogens with zero attached hydrogens (tertiary/aromatic N) is 2. The van der Waals surface area contributed by atoms with Crippen molar-refractivity contribution in [1.82, 2.24) is 15.1 Å². The minimum atomic E-state index is -0.475. The highest BCUT2D eigenvalue weighted by Gasteiger charge is 2.32. The fourth-order valence-corrected chi connectivity index (χ4v) is 2.95. The fourth-order valence-electron chi connectivity index (χ4n) is 2.32. The van der Waals surface area contributed by atoms with Crippen LogP contribution < -0.4 is 4.87 Å². The molecule has 0 saturated carbocycles. The predicted molar refractivity (Wildman–Crippen MR) is 76.6 cm³/mol. The van der Waals surface area contributed by atoms with Gasteiger partial charge in [-0.15, -0.1) is 0 Å². The molecule has 2 rings (SSSR count). The van der Waals surface area contributed by atoms with E-state index < -0.39 is 5.60 Å². The van der Waals surface area contributed by atoms with Gasteiger partial charge in [0.1, 0.15) is 16.7 Å². The predicted octanol–water partition coefficient (Wildman–Crippen LogP) is 1.53. The Hall–Kier alpha value is -1.21. The lowest BCUT2D eigenvalue weighted by atomic mass is 10.0. The summed E-state index contributed by atoms with van der Waals surface area (Å²) in [5.41, 5.74) is -0.475. The molecule has 2 heterocycles. The van der Waals surface area contributed by atoms with E-state index >= 15 is 0 Å². The lowest BCUT2D eigenvalue weighted by Gasteiger charge is -2.35. The molecule has 20 heavy (non-hydrogen) atoms. The van der Waals surface area contributed by atoms with Crippen LogP contribution in [0.3, 0.4) is 0 Å². The maximum atomic E-state index is 12.3. The average Bonchev–Trinajstić information content (AvgIpc) is 2.73. The van der Waals surface area contributed by atoms with Gasteiger partial charge in [-0.05, 0) is 40.2 Å². The number of aromatic amines is 1. The van der Waals surface area contributed by atoms with Crippen molar-refractivity contribution in [2.24, 2.45) is 0 Å². The first kappa shape index (κ1) is 15.2. The lowest BCUT2D eigenvalue weighted by Crippen LogP contribution is -2.46. The van der Waals surface area contributed by atoms with E-state index in [0.29, 0.717) is 11.6 Å². The van der Waals surface area contributed by atoms with Crippen molar-refractivity contribution in [1.29, 1.82) is 0 Å². The van der Waals surface area contributed by atoms with Gasteiger partial charge in [-0.3, -0.25) is 14.5 Å². The van der Waals surface area contributed by atoms with Gasteiger partial charge in [0, 0.05) is 0 Å². The molecule has 1 aliphatic rings. The molecule has 6 nitrogen and oxygen atoms in total. The normalized spacial score (nSPS) is 20.9. The van der Waals surface area contributed by atoms with Crippen LogP contribution in [0.5, 0.6) is 0 Å². The smallest absolute Gasteiger partial charge is 0.323 e. The first-order chi connectivity index (χ1) is 9.35. The number of hydrogen-bond donors (Lipinski definition) is 1. The van der Waals surface area contributed by atoms with E-state index in [1.807, 2.05) is 20.8 Å². The van der Waals surface area contributed by atoms with Crippen LogP contribution in [-0.4, -0.2) is 39.3 Å². The van der Waals surface area contributed by atoms with E-state index in [2.05, 4.69) is 15.1 Å². The molecule has 1 aromatic heterocycles. The number of carbonyl (C=O) groups is 1. The van der Waals surface area contributed by atoms with Crippen LogP contribution in [-0.2, 0) is 16.1 Å². The molecule has 7 heteroatoms. The van der Waals surface area contributed by atoms with Crippen LogP contribution in [0.15, 0.2) is 4.79 Å². The molecule has 0 radical (unpaired) electrons. The zero-order valence-corrected chi connectivity index (χ0v) is 13.0. The van der Waals surface area contributed by atoms with Gasteiger partial charge >= 0.3 is 10.8 Å². The van der Waals surface area contributed by atoms with Gasteiger partial charge in [0.2, 0.25) is 0 Å². The number of nitrogens with one attached hydrogen (secondary N) is 1. The summed E-state index contributed by atoms with van der Waals surface area (Å²) in [6.07, 6.45) is 2.88. The van der Waals surface area contributed by atoms with Gasteiger partial charge in [-0.25, -0.2) is 5.10 Å². The summed E-state index contributed by atoms with van der Waals surface area (Å²) in [7, 11) is 0. The number of aromatic nitrogens is 2. The molecular weight excluding hydrogens is 278 g/mol. The van der Waals surface area contributed by atoms with Gasteiger partial charge in [-0.2, -0.15) is 5.10 Å². The Bertz CT molecular complexity index is 517. The molecule has 1 N–H and O–H groups in total. The minimum Gasteiger partial charge on any atom is -0.459 e. The van der Waals surface area contributed by atoms with E-state index in [4.69, 9.17) is 4.74 Å². The zero-order valence-electron chi connectivity index (χ0n) is 12.1. The van der Waals surface area contributed by atoms with Gasteiger partial charge in [0.15, 0.2) is 0 Å². The van der Waals surface area contributed by atoms with E-state index in [-0.39, 0.29) is 16.9 Å². The van der Waals surface area contributed by atoms with Gasteiger partial charge in [0.25, 0.3) is 0 Å². The van der Waals surface area contributed by atoms with Crippen molar-refractivity contribution in [3.8, 4) is 0 Å². The number of esters is 1. The highest BCUT2D eigenvalue weighted by molar-refractivity contribution is 7.08. The second kappa shape index (κ2) is 6.05. The van der Waals surface area contributed by atoms with Crippen molar-refractivity contribution < 1.29 is 9.53 Å². The molecule has 1 fully saturated rings. The summed E-state index contributed by atoms with van der Waals surface area (Å²) in [6.45, 7) is 6.97. The summed E-state index contributed by atoms with van der Waals surface area (Å²) in [6, 6.07) is -0.234. The molecule has 1 aromatic rings. The summed E-state index contributed by atoms with van der Waals surface area (Å²) in [5, 5.41) is 7.09. The molecule has 0 amide bonds. The summed E-state index contributed by atoms with van der Waals surface area (Å²) in [4.78, 5) is 25.3. The van der Waals surface area contributed by atoms with Crippen molar-refractivity contribution in [3.05, 3.63) is 14.7 Å². The molecule has 0 spiro atoms. The fraction of sp³-hybridized carbons (Fsp3) is 0.769. The summed E-state index contributed by atoms with van der Waals surface area (Å²) < 4.78 is 5.48. The van der Waals surface area contributed by atoms with Crippen molar-refractivity contribution in [2.75, 3.05) is 6.54 Å². The van der Waals surface area contributed by atoms with Crippen LogP contribution in [0.4, 0.5) is 0 Å². The first-order valence-corrected chi connectivity index (χ1v) is 7.68. The van der Waals surface area contributed by atoms with E-state index in [1.165, 1.54) is 0 Å². The quantitative estimate of drug-likeness (QED) is 0.857. The number of piperidine rings is 1. The monoisotopic (exact) mass is 299 g/mol. The third-order valence-electron chi connectivity index (χ3n) is 3.11. The number of hydrogen-bond acceptors (Lipinski definition) is 6. The van der Waals surface area contributed by atoms with Crippen molar-refractivity contribution in [2.45, 2.75) is 58.2 Å². The molecule has 0 unspecified atom stereocenters. The molecule has 0 aromatic carbocycles. The molecule has 0 bridgehead atoms. The van der Waals surface area contributed by atoms with Gasteiger partial charge < -0.3 is 4.74 Å². The third-order valence-corrected chi connectivity index (χ3v) is 3.85. The number of likely N-dealkylation sites (tertiary alicyclic amines) is 1. The average molecular weight is 299 g/mol. The number of rotatable bonds is 3. The van der Waals surface area contributed by atoms with Crippen LogP contribution in [0.25, 0.3) is 0 Å². The third kappa shape index (κ3) is 4.14. The Labute approximate surface area is 122 Å². The minimum absolute atomic E-state index is 0.161. The summed E-state index contributed by atoms with van der Waals surface area (Å²) in [5.74, 6) is -0.180. The number of H-pyrrole nitrogens is 1. The molecule has 1 aliphatic heterocycles. The lowest BCUT2D eigenvalue weighted by molar-refractivity contribution is -0.163. The molecule has 1 saturated heterocycles. The summed E-state index contributed by atoms with van der Waals surface area (Å²) >= 11 is 1.09. The number of ether oxygens (including phenoxy) is 1. The first-order valence-electron chi connectivity index (χ1n) is 6.86. The molecular formula is C13H21N3O3S. The topological polar surface area (TPSA) is 75.3 Å².